The summed E-state index contributed by atoms with van der Waals surface area (Å²) in [6, 6.07) is 7.32. The maximum atomic E-state index is 12.4. The minimum atomic E-state index is -0.373. The fourth-order valence-corrected chi connectivity index (χ4v) is 3.94. The van der Waals surface area contributed by atoms with Crippen molar-refractivity contribution in [1.29, 1.82) is 0 Å². The van der Waals surface area contributed by atoms with Crippen molar-refractivity contribution in [3.8, 4) is 0 Å². The Labute approximate surface area is 177 Å². The summed E-state index contributed by atoms with van der Waals surface area (Å²) < 4.78 is 5.20. The number of rotatable bonds is 6. The van der Waals surface area contributed by atoms with E-state index in [0.29, 0.717) is 24.4 Å². The lowest BCUT2D eigenvalue weighted by molar-refractivity contribution is -0.139. The van der Waals surface area contributed by atoms with Crippen molar-refractivity contribution >= 4 is 23.6 Å². The van der Waals surface area contributed by atoms with Gasteiger partial charge >= 0.3 is 12.0 Å². The first-order valence-corrected chi connectivity index (χ1v) is 10.5. The average Bonchev–Trinajstić information content (AvgIpc) is 2.88. The van der Waals surface area contributed by atoms with Crippen molar-refractivity contribution in [1.82, 2.24) is 20.4 Å². The van der Waals surface area contributed by atoms with E-state index in [1.165, 1.54) is 5.56 Å². The monoisotopic (exact) mass is 420 g/mol. The third kappa shape index (κ3) is 5.95. The molecule has 7 nitrogen and oxygen atoms in total. The number of nitrogens with zero attached hydrogens (tertiary/aromatic N) is 2. The summed E-state index contributed by atoms with van der Waals surface area (Å²) in [5.74, 6) is -0.373. The molecule has 0 radical (unpaired) electrons. The third-order valence-corrected chi connectivity index (χ3v) is 5.50. The van der Waals surface area contributed by atoms with Crippen LogP contribution in [0, 0.1) is 0 Å². The maximum absolute atomic E-state index is 12.4. The normalized spacial score (nSPS) is 21.3. The number of halogens is 1. The minimum Gasteiger partial charge on any atom is -0.463 e. The van der Waals surface area contributed by atoms with Crippen molar-refractivity contribution in [2.75, 3.05) is 39.3 Å². The van der Waals surface area contributed by atoms with Gasteiger partial charge in [0, 0.05) is 36.9 Å². The lowest BCUT2D eigenvalue weighted by Crippen LogP contribution is -2.51. The van der Waals surface area contributed by atoms with Gasteiger partial charge in [0.25, 0.3) is 0 Å². The Bertz CT molecular complexity index is 766. The average molecular weight is 421 g/mol. The number of hydrogen-bond donors (Lipinski definition) is 2. The molecule has 2 aliphatic heterocycles. The molecule has 29 heavy (non-hydrogen) atoms. The van der Waals surface area contributed by atoms with Gasteiger partial charge in [-0.05, 0) is 51.1 Å². The van der Waals surface area contributed by atoms with E-state index >= 15 is 0 Å². The summed E-state index contributed by atoms with van der Waals surface area (Å²) in [6.07, 6.45) is 1.03. The van der Waals surface area contributed by atoms with E-state index < -0.39 is 0 Å². The SMILES string of the molecule is CCOC(=O)C1=C(CN2CCCN(Cc3ccc(Cl)cc3)CC2)NC(=O)NC1C. The van der Waals surface area contributed by atoms with Crippen molar-refractivity contribution in [3.63, 3.8) is 0 Å². The molecule has 158 valence electrons. The van der Waals surface area contributed by atoms with Gasteiger partial charge in [-0.1, -0.05) is 23.7 Å². The van der Waals surface area contributed by atoms with Gasteiger partial charge in [-0.15, -0.1) is 0 Å². The zero-order chi connectivity index (χ0) is 20.8. The van der Waals surface area contributed by atoms with Crippen LogP contribution in [0.25, 0.3) is 0 Å². The fourth-order valence-electron chi connectivity index (χ4n) is 3.82. The van der Waals surface area contributed by atoms with Gasteiger partial charge in [0.2, 0.25) is 0 Å². The topological polar surface area (TPSA) is 73.9 Å². The zero-order valence-electron chi connectivity index (χ0n) is 17.0. The smallest absolute Gasteiger partial charge is 0.337 e. The second-order valence-electron chi connectivity index (χ2n) is 7.47. The summed E-state index contributed by atoms with van der Waals surface area (Å²) in [7, 11) is 0. The third-order valence-electron chi connectivity index (χ3n) is 5.25. The van der Waals surface area contributed by atoms with E-state index in [2.05, 4.69) is 32.6 Å². The highest BCUT2D eigenvalue weighted by Gasteiger charge is 2.30. The number of ether oxygens (including phenoxy) is 1. The molecule has 0 saturated carbocycles. The molecule has 1 fully saturated rings. The van der Waals surface area contributed by atoms with Crippen molar-refractivity contribution in [3.05, 3.63) is 46.1 Å². The molecular formula is C21H29ClN4O3. The van der Waals surface area contributed by atoms with E-state index in [1.54, 1.807) is 13.8 Å². The highest BCUT2D eigenvalue weighted by Crippen LogP contribution is 2.17. The van der Waals surface area contributed by atoms with Crippen LogP contribution in [0.1, 0.15) is 25.8 Å². The Morgan fingerprint density at radius 1 is 1.14 bits per heavy atom. The molecule has 3 rings (SSSR count). The number of nitrogens with one attached hydrogen (secondary N) is 2. The standard InChI is InChI=1S/C21H29ClN4O3/c1-3-29-20(27)19-15(2)23-21(28)24-18(19)14-26-10-4-9-25(11-12-26)13-16-5-7-17(22)8-6-16/h5-8,15H,3-4,9-14H2,1-2H3,(H2,23,24,28). The Morgan fingerprint density at radius 3 is 2.45 bits per heavy atom. The molecule has 2 aliphatic rings. The van der Waals surface area contributed by atoms with Crippen LogP contribution >= 0.6 is 11.6 Å². The molecule has 0 bridgehead atoms. The summed E-state index contributed by atoms with van der Waals surface area (Å²) in [4.78, 5) is 29.1. The van der Waals surface area contributed by atoms with Crippen LogP contribution in [0.5, 0.6) is 0 Å². The number of carbonyl (C=O) groups excluding carboxylic acids is 2. The van der Waals surface area contributed by atoms with Crippen molar-refractivity contribution in [2.24, 2.45) is 0 Å². The lowest BCUT2D eigenvalue weighted by Gasteiger charge is -2.30. The Hall–Kier alpha value is -2.09. The van der Waals surface area contributed by atoms with Gasteiger partial charge in [0.05, 0.1) is 18.2 Å². The number of amides is 2. The molecule has 1 unspecified atom stereocenters. The molecule has 2 heterocycles. The summed E-state index contributed by atoms with van der Waals surface area (Å²) in [6.45, 7) is 9.02. The Kier molecular flexibility index (Phi) is 7.52. The first-order chi connectivity index (χ1) is 14.0. The van der Waals surface area contributed by atoms with E-state index in [4.69, 9.17) is 16.3 Å². The quantitative estimate of drug-likeness (QED) is 0.691. The van der Waals surface area contributed by atoms with Gasteiger partial charge in [-0.25, -0.2) is 9.59 Å². The van der Waals surface area contributed by atoms with Crippen LogP contribution in [-0.2, 0) is 16.1 Å². The molecule has 1 saturated heterocycles. The van der Waals surface area contributed by atoms with Crippen LogP contribution < -0.4 is 10.6 Å². The van der Waals surface area contributed by atoms with Crippen molar-refractivity contribution in [2.45, 2.75) is 32.9 Å². The number of esters is 1. The maximum Gasteiger partial charge on any atom is 0.337 e. The van der Waals surface area contributed by atoms with Crippen LogP contribution in [0.4, 0.5) is 4.79 Å². The molecule has 0 aromatic heterocycles. The largest absolute Gasteiger partial charge is 0.463 e. The van der Waals surface area contributed by atoms with Crippen LogP contribution in [0.15, 0.2) is 35.5 Å². The summed E-state index contributed by atoms with van der Waals surface area (Å²) in [5, 5.41) is 6.31. The molecule has 1 atom stereocenters. The second-order valence-corrected chi connectivity index (χ2v) is 7.90. The summed E-state index contributed by atoms with van der Waals surface area (Å²) in [5.41, 5.74) is 2.40. The van der Waals surface area contributed by atoms with Crippen LogP contribution in [0.3, 0.4) is 0 Å². The molecular weight excluding hydrogens is 392 g/mol. The number of hydrogen-bond acceptors (Lipinski definition) is 5. The zero-order valence-corrected chi connectivity index (χ0v) is 17.8. The van der Waals surface area contributed by atoms with E-state index in [1.807, 2.05) is 12.1 Å². The summed E-state index contributed by atoms with van der Waals surface area (Å²) >= 11 is 5.97. The first-order valence-electron chi connectivity index (χ1n) is 10.1. The molecule has 1 aromatic carbocycles. The van der Waals surface area contributed by atoms with E-state index in [-0.39, 0.29) is 18.0 Å². The Balaban J connectivity index is 1.64. The van der Waals surface area contributed by atoms with Gasteiger partial charge < -0.3 is 15.4 Å². The molecule has 0 spiro atoms. The molecule has 1 aromatic rings. The molecule has 2 amide bonds. The molecule has 0 aliphatic carbocycles. The second kappa shape index (κ2) is 10.1. The number of benzene rings is 1. The Morgan fingerprint density at radius 2 is 1.79 bits per heavy atom. The van der Waals surface area contributed by atoms with Gasteiger partial charge in [0.1, 0.15) is 0 Å². The molecule has 2 N–H and O–H groups in total. The van der Waals surface area contributed by atoms with Gasteiger partial charge in [0.15, 0.2) is 0 Å². The van der Waals surface area contributed by atoms with E-state index in [9.17, 15) is 9.59 Å². The highest BCUT2D eigenvalue weighted by molar-refractivity contribution is 6.30. The van der Waals surface area contributed by atoms with E-state index in [0.717, 1.165) is 44.2 Å². The van der Waals surface area contributed by atoms with Crippen molar-refractivity contribution < 1.29 is 14.3 Å². The first kappa shape index (κ1) is 21.6. The number of urea groups is 1. The molecule has 8 heteroatoms. The lowest BCUT2D eigenvalue weighted by atomic mass is 10.0. The predicted molar refractivity (Wildman–Crippen MR) is 113 cm³/mol. The van der Waals surface area contributed by atoms with Gasteiger partial charge in [-0.3, -0.25) is 9.80 Å². The predicted octanol–water partition coefficient (Wildman–Crippen LogP) is 2.37. The highest BCUT2D eigenvalue weighted by atomic mass is 35.5. The van der Waals surface area contributed by atoms with Gasteiger partial charge in [-0.2, -0.15) is 0 Å². The van der Waals surface area contributed by atoms with Crippen LogP contribution in [0.2, 0.25) is 5.02 Å². The number of carbonyl (C=O) groups is 2. The minimum absolute atomic E-state index is 0.278. The fraction of sp³-hybridized carbons (Fsp3) is 0.524. The van der Waals surface area contributed by atoms with Crippen LogP contribution in [-0.4, -0.2) is 67.2 Å².